The summed E-state index contributed by atoms with van der Waals surface area (Å²) in [5.41, 5.74) is 7.79. The maximum Gasteiger partial charge on any atom is 0.264 e. The number of primary amides is 1. The van der Waals surface area contributed by atoms with Crippen molar-refractivity contribution in [1.29, 1.82) is 0 Å². The molecule has 2 N–H and O–H groups in total. The number of carbonyl (C=O) groups is 2. The molecule has 2 aromatic rings. The van der Waals surface area contributed by atoms with E-state index >= 15 is 0 Å². The fraction of sp³-hybridized carbons (Fsp3) is 0.435. The largest absolute Gasteiger partial charge is 0.365 e. The maximum atomic E-state index is 13.1. The maximum absolute atomic E-state index is 13.1. The van der Waals surface area contributed by atoms with Crippen LogP contribution >= 0.6 is 0 Å². The molecule has 1 aromatic heterocycles. The molecule has 0 bridgehead atoms. The smallest absolute Gasteiger partial charge is 0.264 e. The molecule has 158 valence electrons. The highest BCUT2D eigenvalue weighted by molar-refractivity contribution is 5.94. The molecule has 4 rings (SSSR count). The standard InChI is InChI=1S/C23H28N4O3/c1-25-10-7-17(8-11-25)22(29)26-12-9-19-18(14-26)15-27(23(30)20(19)21(24)28)13-16-5-3-2-4-6-16/h2-6,15,17H,7-14H2,1H3,(H2,24,28). The zero-order valence-corrected chi connectivity index (χ0v) is 17.3. The van der Waals surface area contributed by atoms with Gasteiger partial charge in [0.15, 0.2) is 0 Å². The number of hydrogen-bond acceptors (Lipinski definition) is 4. The van der Waals surface area contributed by atoms with E-state index in [1.54, 1.807) is 6.20 Å². The van der Waals surface area contributed by atoms with Gasteiger partial charge >= 0.3 is 0 Å². The van der Waals surface area contributed by atoms with Crippen LogP contribution in [0.5, 0.6) is 0 Å². The van der Waals surface area contributed by atoms with Crippen molar-refractivity contribution < 1.29 is 9.59 Å². The first kappa shape index (κ1) is 20.3. The fourth-order valence-electron chi connectivity index (χ4n) is 4.56. The highest BCUT2D eigenvalue weighted by Crippen LogP contribution is 2.25. The first-order chi connectivity index (χ1) is 14.4. The van der Waals surface area contributed by atoms with E-state index in [1.807, 2.05) is 35.2 Å². The number of rotatable bonds is 4. The second-order valence-electron chi connectivity index (χ2n) is 8.38. The summed E-state index contributed by atoms with van der Waals surface area (Å²) in [6, 6.07) is 9.61. The number of pyridine rings is 1. The van der Waals surface area contributed by atoms with Crippen LogP contribution in [0.3, 0.4) is 0 Å². The minimum absolute atomic E-state index is 0.0496. The Morgan fingerprint density at radius 3 is 2.47 bits per heavy atom. The molecule has 2 aliphatic heterocycles. The van der Waals surface area contributed by atoms with Crippen LogP contribution in [0.25, 0.3) is 0 Å². The van der Waals surface area contributed by atoms with Crippen LogP contribution in [-0.2, 0) is 24.3 Å². The van der Waals surface area contributed by atoms with Crippen LogP contribution in [0.15, 0.2) is 41.3 Å². The predicted octanol–water partition coefficient (Wildman–Crippen LogP) is 1.22. The molecule has 7 heteroatoms. The van der Waals surface area contributed by atoms with Gasteiger partial charge in [-0.25, -0.2) is 0 Å². The number of fused-ring (bicyclic) bond motifs is 1. The monoisotopic (exact) mass is 408 g/mol. The number of likely N-dealkylation sites (tertiary alicyclic amines) is 1. The van der Waals surface area contributed by atoms with Gasteiger partial charge in [0.1, 0.15) is 5.56 Å². The summed E-state index contributed by atoms with van der Waals surface area (Å²) < 4.78 is 1.54. The fourth-order valence-corrected chi connectivity index (χ4v) is 4.56. The number of nitrogens with zero attached hydrogens (tertiary/aromatic N) is 3. The summed E-state index contributed by atoms with van der Waals surface area (Å²) in [6.45, 7) is 3.15. The van der Waals surface area contributed by atoms with Crippen molar-refractivity contribution in [3.8, 4) is 0 Å². The quantitative estimate of drug-likeness (QED) is 0.824. The van der Waals surface area contributed by atoms with Crippen LogP contribution in [0.2, 0.25) is 0 Å². The van der Waals surface area contributed by atoms with E-state index in [0.29, 0.717) is 31.6 Å². The molecule has 0 radical (unpaired) electrons. The van der Waals surface area contributed by atoms with Crippen LogP contribution < -0.4 is 11.3 Å². The van der Waals surface area contributed by atoms with E-state index in [9.17, 15) is 14.4 Å². The van der Waals surface area contributed by atoms with Gasteiger partial charge in [-0.1, -0.05) is 30.3 Å². The summed E-state index contributed by atoms with van der Waals surface area (Å²) >= 11 is 0. The Labute approximate surface area is 176 Å². The minimum atomic E-state index is -0.700. The van der Waals surface area contributed by atoms with E-state index < -0.39 is 5.91 Å². The Kier molecular flexibility index (Phi) is 5.72. The zero-order chi connectivity index (χ0) is 21.3. The minimum Gasteiger partial charge on any atom is -0.365 e. The van der Waals surface area contributed by atoms with Gasteiger partial charge in [-0.15, -0.1) is 0 Å². The third kappa shape index (κ3) is 4.03. The van der Waals surface area contributed by atoms with Crippen LogP contribution in [-0.4, -0.2) is 52.9 Å². The third-order valence-corrected chi connectivity index (χ3v) is 6.29. The molecule has 2 amide bonds. The van der Waals surface area contributed by atoms with E-state index in [1.165, 1.54) is 4.57 Å². The Balaban J connectivity index is 1.63. The SMILES string of the molecule is CN1CCC(C(=O)N2CCc3c(cn(Cc4ccccc4)c(=O)c3C(N)=O)C2)CC1. The number of amides is 2. The normalized spacial score (nSPS) is 17.6. The molecule has 1 fully saturated rings. The molecule has 1 aromatic carbocycles. The lowest BCUT2D eigenvalue weighted by atomic mass is 9.92. The van der Waals surface area contributed by atoms with Gasteiger partial charge in [-0.3, -0.25) is 14.4 Å². The molecule has 30 heavy (non-hydrogen) atoms. The van der Waals surface area contributed by atoms with Gasteiger partial charge in [0.05, 0.1) is 6.54 Å². The Morgan fingerprint density at radius 1 is 1.10 bits per heavy atom. The average molecular weight is 409 g/mol. The van der Waals surface area contributed by atoms with Crippen molar-refractivity contribution in [2.75, 3.05) is 26.7 Å². The van der Waals surface area contributed by atoms with Crippen LogP contribution in [0.1, 0.15) is 39.9 Å². The topological polar surface area (TPSA) is 88.6 Å². The summed E-state index contributed by atoms with van der Waals surface area (Å²) in [5, 5.41) is 0. The molecule has 0 spiro atoms. The van der Waals surface area contributed by atoms with Gasteiger partial charge in [0.2, 0.25) is 5.91 Å². The van der Waals surface area contributed by atoms with E-state index in [2.05, 4.69) is 11.9 Å². The lowest BCUT2D eigenvalue weighted by Crippen LogP contribution is -2.45. The second kappa shape index (κ2) is 8.44. The van der Waals surface area contributed by atoms with E-state index in [-0.39, 0.29) is 22.9 Å². The number of nitrogens with two attached hydrogens (primary N) is 1. The Morgan fingerprint density at radius 2 is 1.80 bits per heavy atom. The first-order valence-electron chi connectivity index (χ1n) is 10.5. The lowest BCUT2D eigenvalue weighted by molar-refractivity contribution is -0.137. The van der Waals surface area contributed by atoms with E-state index in [4.69, 9.17) is 5.73 Å². The molecule has 0 atom stereocenters. The van der Waals surface area contributed by atoms with Gasteiger partial charge in [-0.05, 0) is 56.1 Å². The highest BCUT2D eigenvalue weighted by atomic mass is 16.2. The Hall–Kier alpha value is -2.93. The third-order valence-electron chi connectivity index (χ3n) is 6.29. The number of piperidine rings is 1. The number of carbonyl (C=O) groups excluding carboxylic acids is 2. The number of benzene rings is 1. The first-order valence-corrected chi connectivity index (χ1v) is 10.5. The Bertz CT molecular complexity index is 1010. The van der Waals surface area contributed by atoms with Crippen LogP contribution in [0, 0.1) is 5.92 Å². The van der Waals surface area contributed by atoms with Crippen molar-refractivity contribution in [2.45, 2.75) is 32.4 Å². The lowest BCUT2D eigenvalue weighted by Gasteiger charge is -2.35. The van der Waals surface area contributed by atoms with Crippen molar-refractivity contribution in [3.63, 3.8) is 0 Å². The van der Waals surface area contributed by atoms with Crippen molar-refractivity contribution >= 4 is 11.8 Å². The van der Waals surface area contributed by atoms with Crippen LogP contribution in [0.4, 0.5) is 0 Å². The molecule has 7 nitrogen and oxygen atoms in total. The molecule has 3 heterocycles. The summed E-state index contributed by atoms with van der Waals surface area (Å²) in [5.74, 6) is -0.475. The molecular formula is C23H28N4O3. The van der Waals surface area contributed by atoms with Crippen molar-refractivity contribution in [2.24, 2.45) is 11.7 Å². The van der Waals surface area contributed by atoms with Crippen molar-refractivity contribution in [3.05, 3.63) is 69.1 Å². The highest BCUT2D eigenvalue weighted by Gasteiger charge is 2.31. The number of aromatic nitrogens is 1. The van der Waals surface area contributed by atoms with Gasteiger partial charge in [0.25, 0.3) is 11.5 Å². The molecule has 0 saturated carbocycles. The summed E-state index contributed by atoms with van der Waals surface area (Å²) in [6.07, 6.45) is 4.02. The summed E-state index contributed by atoms with van der Waals surface area (Å²) in [4.78, 5) is 42.3. The second-order valence-corrected chi connectivity index (χ2v) is 8.38. The van der Waals surface area contributed by atoms with Gasteiger partial charge in [0, 0.05) is 25.2 Å². The van der Waals surface area contributed by atoms with Gasteiger partial charge in [-0.2, -0.15) is 0 Å². The van der Waals surface area contributed by atoms with E-state index in [0.717, 1.165) is 37.1 Å². The van der Waals surface area contributed by atoms with Crippen molar-refractivity contribution in [1.82, 2.24) is 14.4 Å². The predicted molar refractivity (Wildman–Crippen MR) is 114 cm³/mol. The average Bonchev–Trinajstić information content (AvgIpc) is 2.74. The van der Waals surface area contributed by atoms with Gasteiger partial charge < -0.3 is 20.1 Å². The summed E-state index contributed by atoms with van der Waals surface area (Å²) in [7, 11) is 2.08. The molecule has 0 unspecified atom stereocenters. The molecule has 1 saturated heterocycles. The molecule has 2 aliphatic rings. The zero-order valence-electron chi connectivity index (χ0n) is 17.3. The molecular weight excluding hydrogens is 380 g/mol. The molecule has 0 aliphatic carbocycles. The number of hydrogen-bond donors (Lipinski definition) is 1.